The van der Waals surface area contributed by atoms with Crippen molar-refractivity contribution in [2.45, 2.75) is 19.8 Å². The van der Waals surface area contributed by atoms with Gasteiger partial charge in [-0.1, -0.05) is 43.7 Å². The van der Waals surface area contributed by atoms with Gasteiger partial charge in [0.2, 0.25) is 0 Å². The van der Waals surface area contributed by atoms with Gasteiger partial charge >= 0.3 is 0 Å². The van der Waals surface area contributed by atoms with E-state index in [1.54, 1.807) is 0 Å². The predicted molar refractivity (Wildman–Crippen MR) is 74.3 cm³/mol. The van der Waals surface area contributed by atoms with Crippen molar-refractivity contribution >= 4 is 5.82 Å². The van der Waals surface area contributed by atoms with Crippen molar-refractivity contribution in [2.24, 2.45) is 0 Å². The van der Waals surface area contributed by atoms with Crippen LogP contribution in [0.4, 0.5) is 5.82 Å². The molecule has 0 radical (unpaired) electrons. The fourth-order valence-electron chi connectivity index (χ4n) is 1.85. The molecular formula is C15H17N3. The fourth-order valence-corrected chi connectivity index (χ4v) is 1.85. The second-order valence-electron chi connectivity index (χ2n) is 4.23. The Bertz CT molecular complexity index is 535. The summed E-state index contributed by atoms with van der Waals surface area (Å²) in [5.74, 6) is 0.824. The predicted octanol–water partition coefficient (Wildman–Crippen LogP) is 3.77. The molecule has 0 spiro atoms. The SMILES string of the molecule is CCCCNc1[nH]c(-c2ccccc2)cc1C#N. The number of hydrogen-bond donors (Lipinski definition) is 2. The summed E-state index contributed by atoms with van der Waals surface area (Å²) in [5.41, 5.74) is 2.74. The Morgan fingerprint density at radius 2 is 2.06 bits per heavy atom. The highest BCUT2D eigenvalue weighted by Gasteiger charge is 2.08. The number of H-pyrrole nitrogens is 1. The van der Waals surface area contributed by atoms with E-state index in [4.69, 9.17) is 5.26 Å². The quantitative estimate of drug-likeness (QED) is 0.780. The lowest BCUT2D eigenvalue weighted by Crippen LogP contribution is -2.02. The molecule has 1 aromatic carbocycles. The summed E-state index contributed by atoms with van der Waals surface area (Å²) in [7, 11) is 0. The number of anilines is 1. The molecule has 0 saturated heterocycles. The summed E-state index contributed by atoms with van der Waals surface area (Å²) in [4.78, 5) is 3.27. The molecule has 0 saturated carbocycles. The fraction of sp³-hybridized carbons (Fsp3) is 0.267. The van der Waals surface area contributed by atoms with Gasteiger partial charge in [0, 0.05) is 12.2 Å². The molecule has 0 amide bonds. The van der Waals surface area contributed by atoms with Gasteiger partial charge < -0.3 is 10.3 Å². The van der Waals surface area contributed by atoms with Crippen LogP contribution in [-0.4, -0.2) is 11.5 Å². The highest BCUT2D eigenvalue weighted by Crippen LogP contribution is 2.24. The van der Waals surface area contributed by atoms with Crippen LogP contribution in [0.5, 0.6) is 0 Å². The van der Waals surface area contributed by atoms with Crippen molar-refractivity contribution in [1.82, 2.24) is 4.98 Å². The number of benzene rings is 1. The molecule has 3 nitrogen and oxygen atoms in total. The normalized spacial score (nSPS) is 10.0. The topological polar surface area (TPSA) is 51.6 Å². The van der Waals surface area contributed by atoms with Crippen LogP contribution in [0.25, 0.3) is 11.3 Å². The van der Waals surface area contributed by atoms with Crippen LogP contribution in [0.15, 0.2) is 36.4 Å². The van der Waals surface area contributed by atoms with Crippen molar-refractivity contribution in [3.8, 4) is 17.3 Å². The average molecular weight is 239 g/mol. The van der Waals surface area contributed by atoms with Gasteiger partial charge in [0.15, 0.2) is 0 Å². The van der Waals surface area contributed by atoms with E-state index in [1.807, 2.05) is 36.4 Å². The molecule has 0 aliphatic carbocycles. The summed E-state index contributed by atoms with van der Waals surface area (Å²) < 4.78 is 0. The second-order valence-corrected chi connectivity index (χ2v) is 4.23. The van der Waals surface area contributed by atoms with E-state index in [9.17, 15) is 0 Å². The molecule has 92 valence electrons. The molecular weight excluding hydrogens is 222 g/mol. The van der Waals surface area contributed by atoms with Gasteiger partial charge in [-0.2, -0.15) is 5.26 Å². The molecule has 0 aliphatic rings. The van der Waals surface area contributed by atoms with Crippen LogP contribution in [0.3, 0.4) is 0 Å². The molecule has 18 heavy (non-hydrogen) atoms. The van der Waals surface area contributed by atoms with E-state index in [1.165, 1.54) is 0 Å². The van der Waals surface area contributed by atoms with Crippen LogP contribution in [0.1, 0.15) is 25.3 Å². The van der Waals surface area contributed by atoms with Gasteiger partial charge in [-0.15, -0.1) is 0 Å². The van der Waals surface area contributed by atoms with Crippen LogP contribution in [0, 0.1) is 11.3 Å². The summed E-state index contributed by atoms with van der Waals surface area (Å²) in [6.07, 6.45) is 2.24. The van der Waals surface area contributed by atoms with Gasteiger partial charge in [0.05, 0.1) is 5.56 Å². The lowest BCUT2D eigenvalue weighted by Gasteiger charge is -2.03. The molecule has 0 atom stereocenters. The number of nitrogens with zero attached hydrogens (tertiary/aromatic N) is 1. The number of nitrogens with one attached hydrogen (secondary N) is 2. The number of hydrogen-bond acceptors (Lipinski definition) is 2. The van der Waals surface area contributed by atoms with E-state index < -0.39 is 0 Å². The van der Waals surface area contributed by atoms with E-state index in [-0.39, 0.29) is 0 Å². The zero-order valence-corrected chi connectivity index (χ0v) is 10.5. The third-order valence-electron chi connectivity index (χ3n) is 2.86. The van der Waals surface area contributed by atoms with Gasteiger partial charge in [0.25, 0.3) is 0 Å². The maximum Gasteiger partial charge on any atom is 0.121 e. The maximum atomic E-state index is 9.13. The molecule has 2 N–H and O–H groups in total. The molecule has 3 heteroatoms. The molecule has 2 aromatic rings. The monoisotopic (exact) mass is 239 g/mol. The maximum absolute atomic E-state index is 9.13. The number of aromatic nitrogens is 1. The third-order valence-corrected chi connectivity index (χ3v) is 2.86. The van der Waals surface area contributed by atoms with Crippen LogP contribution in [0.2, 0.25) is 0 Å². The average Bonchev–Trinajstić information content (AvgIpc) is 2.83. The standard InChI is InChI=1S/C15H17N3/c1-2-3-9-17-15-13(11-16)10-14(18-15)12-7-5-4-6-8-12/h4-8,10,17-18H,2-3,9H2,1H3. The van der Waals surface area contributed by atoms with Crippen LogP contribution in [-0.2, 0) is 0 Å². The van der Waals surface area contributed by atoms with Gasteiger partial charge in [-0.25, -0.2) is 0 Å². The highest BCUT2D eigenvalue weighted by molar-refractivity contribution is 5.68. The summed E-state index contributed by atoms with van der Waals surface area (Å²) in [6.45, 7) is 3.04. The first kappa shape index (κ1) is 12.3. The molecule has 0 bridgehead atoms. The van der Waals surface area contributed by atoms with E-state index in [2.05, 4.69) is 23.3 Å². The van der Waals surface area contributed by atoms with E-state index >= 15 is 0 Å². The first-order valence-corrected chi connectivity index (χ1v) is 6.27. The largest absolute Gasteiger partial charge is 0.371 e. The minimum Gasteiger partial charge on any atom is -0.371 e. The first-order chi connectivity index (χ1) is 8.85. The number of aromatic amines is 1. The van der Waals surface area contributed by atoms with Gasteiger partial charge in [-0.3, -0.25) is 0 Å². The summed E-state index contributed by atoms with van der Waals surface area (Å²) in [6, 6.07) is 14.1. The first-order valence-electron chi connectivity index (χ1n) is 6.27. The summed E-state index contributed by atoms with van der Waals surface area (Å²) in [5, 5.41) is 12.4. The number of rotatable bonds is 5. The zero-order valence-electron chi connectivity index (χ0n) is 10.5. The second kappa shape index (κ2) is 5.92. The van der Waals surface area contributed by atoms with E-state index in [0.29, 0.717) is 5.56 Å². The Morgan fingerprint density at radius 1 is 1.28 bits per heavy atom. The highest BCUT2D eigenvalue weighted by atomic mass is 15.0. The van der Waals surface area contributed by atoms with Crippen LogP contribution < -0.4 is 5.32 Å². The Hall–Kier alpha value is -2.21. The lowest BCUT2D eigenvalue weighted by atomic mass is 10.1. The molecule has 2 rings (SSSR count). The Morgan fingerprint density at radius 3 is 2.72 bits per heavy atom. The minimum absolute atomic E-state index is 0.671. The van der Waals surface area contributed by atoms with Crippen molar-refractivity contribution in [3.05, 3.63) is 42.0 Å². The lowest BCUT2D eigenvalue weighted by molar-refractivity contribution is 0.831. The van der Waals surface area contributed by atoms with Gasteiger partial charge in [0.1, 0.15) is 11.9 Å². The smallest absolute Gasteiger partial charge is 0.121 e. The van der Waals surface area contributed by atoms with Crippen molar-refractivity contribution in [1.29, 1.82) is 5.26 Å². The molecule has 0 unspecified atom stereocenters. The van der Waals surface area contributed by atoms with Crippen molar-refractivity contribution in [2.75, 3.05) is 11.9 Å². The van der Waals surface area contributed by atoms with Crippen molar-refractivity contribution < 1.29 is 0 Å². The molecule has 0 aliphatic heterocycles. The van der Waals surface area contributed by atoms with Crippen LogP contribution >= 0.6 is 0 Å². The molecule has 0 fully saturated rings. The molecule has 1 heterocycles. The van der Waals surface area contributed by atoms with E-state index in [0.717, 1.165) is 36.5 Å². The van der Waals surface area contributed by atoms with Crippen molar-refractivity contribution in [3.63, 3.8) is 0 Å². The molecule has 1 aromatic heterocycles. The zero-order chi connectivity index (χ0) is 12.8. The Kier molecular flexibility index (Phi) is 4.03. The minimum atomic E-state index is 0.671. The Balaban J connectivity index is 2.22. The number of unbranched alkanes of at least 4 members (excludes halogenated alkanes) is 1. The third kappa shape index (κ3) is 2.72. The number of nitriles is 1. The summed E-state index contributed by atoms with van der Waals surface area (Å²) >= 11 is 0. The Labute approximate surface area is 107 Å². The van der Waals surface area contributed by atoms with Gasteiger partial charge in [-0.05, 0) is 18.1 Å².